The van der Waals surface area contributed by atoms with Gasteiger partial charge in [0.2, 0.25) is 0 Å². The molecular weight excluding hydrogens is 126 g/mol. The molecule has 50 valence electrons. The van der Waals surface area contributed by atoms with E-state index in [4.69, 9.17) is 5.41 Å². The first kappa shape index (κ1) is 5.41. The number of aromatic nitrogens is 1. The van der Waals surface area contributed by atoms with Gasteiger partial charge in [-0.15, -0.1) is 0 Å². The topological polar surface area (TPSA) is 52.0 Å². The van der Waals surface area contributed by atoms with Crippen molar-refractivity contribution in [3.8, 4) is 0 Å². The van der Waals surface area contributed by atoms with Gasteiger partial charge in [-0.05, 0) is 6.07 Å². The highest BCUT2D eigenvalue weighted by Crippen LogP contribution is 2.20. The predicted octanol–water partition coefficient (Wildman–Crippen LogP) is 1.29. The lowest BCUT2D eigenvalue weighted by Gasteiger charge is -2.03. The predicted molar refractivity (Wildman–Crippen MR) is 40.4 cm³/mol. The molecule has 0 saturated carbocycles. The van der Waals surface area contributed by atoms with Crippen LogP contribution in [0, 0.1) is 5.41 Å². The number of nitrogens with zero attached hydrogens (tertiary/aromatic N) is 1. The van der Waals surface area contributed by atoms with Crippen molar-refractivity contribution >= 4 is 17.6 Å². The number of hydrogen-bond acceptors (Lipinski definition) is 2. The van der Waals surface area contributed by atoms with Gasteiger partial charge in [0, 0.05) is 24.5 Å². The first-order valence-corrected chi connectivity index (χ1v) is 3.14. The average Bonchev–Trinajstić information content (AvgIpc) is 2.33. The van der Waals surface area contributed by atoms with Crippen molar-refractivity contribution in [2.75, 3.05) is 0 Å². The molecule has 0 aliphatic carbocycles. The molecule has 0 spiro atoms. The van der Waals surface area contributed by atoms with E-state index in [1.807, 2.05) is 12.3 Å². The van der Waals surface area contributed by atoms with Crippen LogP contribution in [0.15, 0.2) is 17.3 Å². The zero-order valence-electron chi connectivity index (χ0n) is 5.39. The summed E-state index contributed by atoms with van der Waals surface area (Å²) < 4.78 is 0. The molecule has 2 N–H and O–H groups in total. The van der Waals surface area contributed by atoms with Crippen LogP contribution in [0.3, 0.4) is 0 Å². The van der Waals surface area contributed by atoms with Crippen molar-refractivity contribution in [1.29, 1.82) is 5.41 Å². The van der Waals surface area contributed by atoms with E-state index in [0.29, 0.717) is 12.1 Å². The van der Waals surface area contributed by atoms with Crippen LogP contribution >= 0.6 is 0 Å². The van der Waals surface area contributed by atoms with Crippen LogP contribution in [-0.4, -0.2) is 16.9 Å². The van der Waals surface area contributed by atoms with Crippen LogP contribution in [0.25, 0.3) is 0 Å². The van der Waals surface area contributed by atoms with Crippen molar-refractivity contribution in [3.05, 3.63) is 18.0 Å². The molecule has 1 aromatic rings. The fourth-order valence-corrected chi connectivity index (χ4v) is 1.04. The zero-order valence-corrected chi connectivity index (χ0v) is 5.39. The number of aromatic amines is 1. The Balaban J connectivity index is 2.52. The number of aliphatic imine (C=N–C) groups is 1. The summed E-state index contributed by atoms with van der Waals surface area (Å²) >= 11 is 0. The quantitative estimate of drug-likeness (QED) is 0.536. The van der Waals surface area contributed by atoms with Crippen LogP contribution in [0.1, 0.15) is 5.69 Å². The van der Waals surface area contributed by atoms with Crippen molar-refractivity contribution < 1.29 is 0 Å². The Morgan fingerprint density at radius 2 is 2.50 bits per heavy atom. The minimum atomic E-state index is 0.565. The summed E-state index contributed by atoms with van der Waals surface area (Å²) in [6.45, 7) is 0. The monoisotopic (exact) mass is 133 g/mol. The summed E-state index contributed by atoms with van der Waals surface area (Å²) in [4.78, 5) is 7.09. The highest BCUT2D eigenvalue weighted by molar-refractivity contribution is 6.31. The second-order valence-electron chi connectivity index (χ2n) is 2.30. The van der Waals surface area contributed by atoms with Gasteiger partial charge in [0.05, 0.1) is 11.4 Å². The van der Waals surface area contributed by atoms with Crippen LogP contribution in [-0.2, 0) is 6.42 Å². The molecular formula is C7H7N3. The molecule has 0 amide bonds. The van der Waals surface area contributed by atoms with Gasteiger partial charge in [0.15, 0.2) is 0 Å². The van der Waals surface area contributed by atoms with E-state index >= 15 is 0 Å². The Morgan fingerprint density at radius 3 is 3.40 bits per heavy atom. The summed E-state index contributed by atoms with van der Waals surface area (Å²) in [6, 6.07) is 1.91. The van der Waals surface area contributed by atoms with E-state index in [9.17, 15) is 0 Å². The van der Waals surface area contributed by atoms with E-state index in [1.165, 1.54) is 0 Å². The second-order valence-corrected chi connectivity index (χ2v) is 2.30. The normalized spacial score (nSPS) is 15.4. The molecule has 2 rings (SSSR count). The Kier molecular flexibility index (Phi) is 0.974. The van der Waals surface area contributed by atoms with Gasteiger partial charge >= 0.3 is 0 Å². The van der Waals surface area contributed by atoms with Crippen LogP contribution in [0.4, 0.5) is 5.69 Å². The van der Waals surface area contributed by atoms with Gasteiger partial charge in [-0.2, -0.15) is 0 Å². The van der Waals surface area contributed by atoms with E-state index in [-0.39, 0.29) is 0 Å². The van der Waals surface area contributed by atoms with E-state index in [2.05, 4.69) is 9.98 Å². The summed E-state index contributed by atoms with van der Waals surface area (Å²) in [5.74, 6) is 0. The van der Waals surface area contributed by atoms with Gasteiger partial charge in [-0.3, -0.25) is 4.99 Å². The number of fused-ring (bicyclic) bond motifs is 1. The molecule has 0 aromatic carbocycles. The molecule has 10 heavy (non-hydrogen) atoms. The maximum atomic E-state index is 7.29. The fraction of sp³-hybridized carbons (Fsp3) is 0.143. The van der Waals surface area contributed by atoms with Crippen LogP contribution in [0.5, 0.6) is 0 Å². The smallest absolute Gasteiger partial charge is 0.0841 e. The third-order valence-electron chi connectivity index (χ3n) is 1.53. The van der Waals surface area contributed by atoms with Gasteiger partial charge in [0.25, 0.3) is 0 Å². The Labute approximate surface area is 58.3 Å². The number of H-pyrrole nitrogens is 1. The molecule has 2 heterocycles. The molecule has 0 bridgehead atoms. The summed E-state index contributed by atoms with van der Waals surface area (Å²) in [5.41, 5.74) is 2.58. The maximum Gasteiger partial charge on any atom is 0.0841 e. The average molecular weight is 133 g/mol. The van der Waals surface area contributed by atoms with Crippen molar-refractivity contribution in [2.24, 2.45) is 4.99 Å². The lowest BCUT2D eigenvalue weighted by atomic mass is 10.1. The maximum absolute atomic E-state index is 7.29. The van der Waals surface area contributed by atoms with E-state index in [1.54, 1.807) is 6.21 Å². The number of hydrogen-bond donors (Lipinski definition) is 2. The number of nitrogens with one attached hydrogen (secondary N) is 2. The third-order valence-corrected chi connectivity index (χ3v) is 1.53. The molecule has 3 nitrogen and oxygen atoms in total. The Bertz CT molecular complexity index is 296. The van der Waals surface area contributed by atoms with E-state index < -0.39 is 0 Å². The third kappa shape index (κ3) is 0.673. The molecule has 0 fully saturated rings. The molecule has 1 aliphatic rings. The van der Waals surface area contributed by atoms with Gasteiger partial charge < -0.3 is 10.4 Å². The van der Waals surface area contributed by atoms with Crippen molar-refractivity contribution in [3.63, 3.8) is 0 Å². The lowest BCUT2D eigenvalue weighted by Crippen LogP contribution is -2.06. The van der Waals surface area contributed by atoms with E-state index in [0.717, 1.165) is 11.4 Å². The largest absolute Gasteiger partial charge is 0.363 e. The van der Waals surface area contributed by atoms with Gasteiger partial charge in [-0.1, -0.05) is 0 Å². The number of rotatable bonds is 0. The standard InChI is InChI=1S/C7H7N3/c8-5-3-7-6(10-4-5)1-2-9-7/h1-2,4,8-9H,3H2. The minimum absolute atomic E-state index is 0.565. The first-order chi connectivity index (χ1) is 4.86. The summed E-state index contributed by atoms with van der Waals surface area (Å²) in [5, 5.41) is 7.29. The lowest BCUT2D eigenvalue weighted by molar-refractivity contribution is 1.17. The van der Waals surface area contributed by atoms with Crippen LogP contribution < -0.4 is 0 Å². The molecule has 0 radical (unpaired) electrons. The molecule has 1 aromatic heterocycles. The van der Waals surface area contributed by atoms with Crippen molar-refractivity contribution in [1.82, 2.24) is 4.98 Å². The molecule has 3 heteroatoms. The second kappa shape index (κ2) is 1.80. The SMILES string of the molecule is N=C1C=Nc2cc[nH]c2C1. The fourth-order valence-electron chi connectivity index (χ4n) is 1.04. The molecule has 1 aliphatic heterocycles. The highest BCUT2D eigenvalue weighted by Gasteiger charge is 2.08. The van der Waals surface area contributed by atoms with Gasteiger partial charge in [0.1, 0.15) is 0 Å². The molecule has 0 saturated heterocycles. The van der Waals surface area contributed by atoms with Crippen molar-refractivity contribution in [2.45, 2.75) is 6.42 Å². The Morgan fingerprint density at radius 1 is 1.60 bits per heavy atom. The summed E-state index contributed by atoms with van der Waals surface area (Å²) in [7, 11) is 0. The van der Waals surface area contributed by atoms with Crippen LogP contribution in [0.2, 0.25) is 0 Å². The summed E-state index contributed by atoms with van der Waals surface area (Å²) in [6.07, 6.45) is 4.13. The minimum Gasteiger partial charge on any atom is -0.363 e. The molecule has 0 atom stereocenters. The molecule has 0 unspecified atom stereocenters. The Hall–Kier alpha value is -1.38. The zero-order chi connectivity index (χ0) is 6.97. The first-order valence-electron chi connectivity index (χ1n) is 3.14. The highest BCUT2D eigenvalue weighted by atomic mass is 14.8. The van der Waals surface area contributed by atoms with Gasteiger partial charge in [-0.25, -0.2) is 0 Å².